The summed E-state index contributed by atoms with van der Waals surface area (Å²) in [4.78, 5) is 31.3. The molecular formula is C23H24F2N4O2S. The summed E-state index contributed by atoms with van der Waals surface area (Å²) in [6.07, 6.45) is 2.51. The zero-order valence-electron chi connectivity index (χ0n) is 17.8. The van der Waals surface area contributed by atoms with E-state index in [1.54, 1.807) is 6.20 Å². The molecule has 2 amide bonds. The van der Waals surface area contributed by atoms with Gasteiger partial charge in [0.1, 0.15) is 22.7 Å². The minimum absolute atomic E-state index is 0.198. The second kappa shape index (κ2) is 10.8. The van der Waals surface area contributed by atoms with Crippen molar-refractivity contribution in [1.29, 1.82) is 0 Å². The number of aromatic nitrogens is 1. The molecular weight excluding hydrogens is 434 g/mol. The molecule has 0 spiro atoms. The Morgan fingerprint density at radius 2 is 1.81 bits per heavy atom. The Labute approximate surface area is 189 Å². The van der Waals surface area contributed by atoms with Crippen LogP contribution in [0.4, 0.5) is 24.6 Å². The van der Waals surface area contributed by atoms with Crippen LogP contribution in [0.25, 0.3) is 0 Å². The second-order valence-electron chi connectivity index (χ2n) is 7.25. The average molecular weight is 459 g/mol. The van der Waals surface area contributed by atoms with Gasteiger partial charge >= 0.3 is 0 Å². The van der Waals surface area contributed by atoms with E-state index in [1.165, 1.54) is 11.3 Å². The summed E-state index contributed by atoms with van der Waals surface area (Å²) >= 11 is 1.31. The van der Waals surface area contributed by atoms with Crippen LogP contribution in [0.3, 0.4) is 0 Å². The summed E-state index contributed by atoms with van der Waals surface area (Å²) in [5.41, 5.74) is 1.18. The van der Waals surface area contributed by atoms with Crippen LogP contribution in [0, 0.1) is 11.6 Å². The molecule has 168 valence electrons. The van der Waals surface area contributed by atoms with Gasteiger partial charge in [-0.05, 0) is 36.2 Å². The maximum Gasteiger partial charge on any atom is 0.248 e. The van der Waals surface area contributed by atoms with Gasteiger partial charge in [-0.3, -0.25) is 9.59 Å². The highest BCUT2D eigenvalue weighted by Gasteiger charge is 2.22. The van der Waals surface area contributed by atoms with Crippen molar-refractivity contribution < 1.29 is 18.4 Å². The van der Waals surface area contributed by atoms with E-state index in [0.29, 0.717) is 18.0 Å². The van der Waals surface area contributed by atoms with E-state index < -0.39 is 29.5 Å². The summed E-state index contributed by atoms with van der Waals surface area (Å²) in [5, 5.41) is 6.66. The Bertz CT molecular complexity index is 1050. The van der Waals surface area contributed by atoms with Gasteiger partial charge in [-0.15, -0.1) is 0 Å². The third-order valence-corrected chi connectivity index (χ3v) is 5.70. The van der Waals surface area contributed by atoms with Crippen LogP contribution in [-0.4, -0.2) is 29.9 Å². The summed E-state index contributed by atoms with van der Waals surface area (Å²) in [6.45, 7) is 1.89. The summed E-state index contributed by atoms with van der Waals surface area (Å²) in [6, 6.07) is 11.9. The number of anilines is 3. The van der Waals surface area contributed by atoms with Crippen LogP contribution in [0.2, 0.25) is 0 Å². The Morgan fingerprint density at radius 3 is 2.47 bits per heavy atom. The molecule has 0 saturated carbocycles. The standard InChI is InChI=1S/C23H24F2N4O2S/c1-3-7-19(27-20(30)12-15-10-16(24)13-17(25)11-15)22(31)28-23-26-14-21(32-23)29(2)18-8-5-4-6-9-18/h4-6,8-11,13-14,19H,3,7,12H2,1-2H3,(H,27,30)(H,26,28,31). The molecule has 0 aliphatic carbocycles. The van der Waals surface area contributed by atoms with E-state index in [2.05, 4.69) is 15.6 Å². The molecule has 3 aromatic rings. The van der Waals surface area contributed by atoms with E-state index in [9.17, 15) is 18.4 Å². The van der Waals surface area contributed by atoms with Crippen molar-refractivity contribution >= 4 is 39.0 Å². The fourth-order valence-electron chi connectivity index (χ4n) is 3.15. The van der Waals surface area contributed by atoms with Crippen molar-refractivity contribution in [3.8, 4) is 0 Å². The molecule has 2 aromatic carbocycles. The molecule has 0 aliphatic heterocycles. The van der Waals surface area contributed by atoms with Crippen LogP contribution in [-0.2, 0) is 16.0 Å². The zero-order chi connectivity index (χ0) is 23.1. The smallest absolute Gasteiger partial charge is 0.248 e. The molecule has 1 unspecified atom stereocenters. The van der Waals surface area contributed by atoms with Gasteiger partial charge in [-0.1, -0.05) is 42.9 Å². The SMILES string of the molecule is CCCC(NC(=O)Cc1cc(F)cc(F)c1)C(=O)Nc1ncc(N(C)c2ccccc2)s1. The predicted octanol–water partition coefficient (Wildman–Crippen LogP) is 4.66. The summed E-state index contributed by atoms with van der Waals surface area (Å²) in [5.74, 6) is -2.40. The molecule has 1 atom stereocenters. The molecule has 2 N–H and O–H groups in total. The highest BCUT2D eigenvalue weighted by Crippen LogP contribution is 2.31. The first-order chi connectivity index (χ1) is 15.4. The number of rotatable bonds is 9. The van der Waals surface area contributed by atoms with Gasteiger partial charge < -0.3 is 15.5 Å². The molecule has 0 fully saturated rings. The quantitative estimate of drug-likeness (QED) is 0.489. The summed E-state index contributed by atoms with van der Waals surface area (Å²) < 4.78 is 26.7. The number of nitrogens with zero attached hydrogens (tertiary/aromatic N) is 2. The third kappa shape index (κ3) is 6.34. The van der Waals surface area contributed by atoms with Crippen molar-refractivity contribution in [2.24, 2.45) is 0 Å². The molecule has 1 aromatic heterocycles. The zero-order valence-corrected chi connectivity index (χ0v) is 18.6. The Morgan fingerprint density at radius 1 is 1.12 bits per heavy atom. The Balaban J connectivity index is 1.62. The van der Waals surface area contributed by atoms with Crippen LogP contribution < -0.4 is 15.5 Å². The number of benzene rings is 2. The van der Waals surface area contributed by atoms with E-state index >= 15 is 0 Å². The lowest BCUT2D eigenvalue weighted by atomic mass is 10.1. The van der Waals surface area contributed by atoms with Gasteiger partial charge in [0.05, 0.1) is 12.6 Å². The second-order valence-corrected chi connectivity index (χ2v) is 8.26. The predicted molar refractivity (Wildman–Crippen MR) is 122 cm³/mol. The first-order valence-electron chi connectivity index (χ1n) is 10.2. The number of carbonyl (C=O) groups is 2. The highest BCUT2D eigenvalue weighted by molar-refractivity contribution is 7.19. The first kappa shape index (κ1) is 23.3. The topological polar surface area (TPSA) is 74.3 Å². The number of nitrogens with one attached hydrogen (secondary N) is 2. The lowest BCUT2D eigenvalue weighted by Crippen LogP contribution is -2.44. The number of halogens is 2. The summed E-state index contributed by atoms with van der Waals surface area (Å²) in [7, 11) is 1.91. The van der Waals surface area contributed by atoms with Crippen LogP contribution in [0.15, 0.2) is 54.7 Å². The monoisotopic (exact) mass is 458 g/mol. The van der Waals surface area contributed by atoms with Crippen molar-refractivity contribution in [2.45, 2.75) is 32.2 Å². The number of hydrogen-bond acceptors (Lipinski definition) is 5. The van der Waals surface area contributed by atoms with E-state index in [-0.39, 0.29) is 12.0 Å². The Hall–Kier alpha value is -3.33. The number of carbonyl (C=O) groups excluding carboxylic acids is 2. The van der Waals surface area contributed by atoms with E-state index in [0.717, 1.165) is 28.9 Å². The van der Waals surface area contributed by atoms with E-state index in [1.807, 2.05) is 49.2 Å². The van der Waals surface area contributed by atoms with Crippen LogP contribution in [0.5, 0.6) is 0 Å². The lowest BCUT2D eigenvalue weighted by Gasteiger charge is -2.17. The van der Waals surface area contributed by atoms with Crippen LogP contribution in [0.1, 0.15) is 25.3 Å². The minimum atomic E-state index is -0.787. The average Bonchev–Trinajstić information content (AvgIpc) is 3.21. The van der Waals surface area contributed by atoms with Gasteiger partial charge in [0.25, 0.3) is 0 Å². The number of amides is 2. The molecule has 0 bridgehead atoms. The fourth-order valence-corrected chi connectivity index (χ4v) is 3.95. The molecule has 9 heteroatoms. The van der Waals surface area contributed by atoms with Gasteiger partial charge in [-0.2, -0.15) is 0 Å². The molecule has 0 aliphatic rings. The number of para-hydroxylation sites is 1. The lowest BCUT2D eigenvalue weighted by molar-refractivity contribution is -0.126. The first-order valence-corrected chi connectivity index (χ1v) is 11.0. The van der Waals surface area contributed by atoms with Crippen molar-refractivity contribution in [1.82, 2.24) is 10.3 Å². The normalized spacial score (nSPS) is 11.6. The fraction of sp³-hybridized carbons (Fsp3) is 0.261. The third-order valence-electron chi connectivity index (χ3n) is 4.71. The van der Waals surface area contributed by atoms with Crippen LogP contribution >= 0.6 is 11.3 Å². The number of thiazole rings is 1. The maximum absolute atomic E-state index is 13.4. The molecule has 1 heterocycles. The molecule has 32 heavy (non-hydrogen) atoms. The largest absolute Gasteiger partial charge is 0.344 e. The van der Waals surface area contributed by atoms with Crippen molar-refractivity contribution in [2.75, 3.05) is 17.3 Å². The van der Waals surface area contributed by atoms with Crippen molar-refractivity contribution in [3.63, 3.8) is 0 Å². The highest BCUT2D eigenvalue weighted by atomic mass is 32.1. The van der Waals surface area contributed by atoms with Gasteiger partial charge in [0.2, 0.25) is 11.8 Å². The molecule has 6 nitrogen and oxygen atoms in total. The van der Waals surface area contributed by atoms with Crippen molar-refractivity contribution in [3.05, 3.63) is 71.9 Å². The maximum atomic E-state index is 13.4. The van der Waals surface area contributed by atoms with Gasteiger partial charge in [0.15, 0.2) is 5.13 Å². The molecule has 0 saturated heterocycles. The molecule has 3 rings (SSSR count). The number of hydrogen-bond donors (Lipinski definition) is 2. The minimum Gasteiger partial charge on any atom is -0.344 e. The molecule has 0 radical (unpaired) electrons. The van der Waals surface area contributed by atoms with E-state index in [4.69, 9.17) is 0 Å². The van der Waals surface area contributed by atoms with Gasteiger partial charge in [-0.25, -0.2) is 13.8 Å². The Kier molecular flexibility index (Phi) is 7.88. The van der Waals surface area contributed by atoms with Gasteiger partial charge in [0, 0.05) is 18.8 Å².